The lowest BCUT2D eigenvalue weighted by Crippen LogP contribution is -2.25. The van der Waals surface area contributed by atoms with Crippen molar-refractivity contribution in [3.8, 4) is 0 Å². The van der Waals surface area contributed by atoms with E-state index in [-0.39, 0.29) is 12.5 Å². The zero-order valence-corrected chi connectivity index (χ0v) is 9.67. The standard InChI is InChI=1S/C10H12N6O2/c1-6-14-9(16-18-6)5-13-10(17)7-4-12-3-2-8(7)15-11/h2-4H,5,11H2,1H3,(H,12,15)(H,13,17). The molecule has 94 valence electrons. The Labute approximate surface area is 103 Å². The normalized spacial score (nSPS) is 10.1. The van der Waals surface area contributed by atoms with E-state index in [4.69, 9.17) is 10.4 Å². The number of amides is 1. The Balaban J connectivity index is 2.03. The highest BCUT2D eigenvalue weighted by Crippen LogP contribution is 2.11. The van der Waals surface area contributed by atoms with E-state index in [0.29, 0.717) is 23.0 Å². The summed E-state index contributed by atoms with van der Waals surface area (Å²) >= 11 is 0. The van der Waals surface area contributed by atoms with Crippen LogP contribution in [0, 0.1) is 6.92 Å². The summed E-state index contributed by atoms with van der Waals surface area (Å²) in [6, 6.07) is 1.60. The van der Waals surface area contributed by atoms with Crippen LogP contribution in [-0.2, 0) is 6.54 Å². The van der Waals surface area contributed by atoms with Crippen molar-refractivity contribution in [1.82, 2.24) is 20.4 Å². The van der Waals surface area contributed by atoms with E-state index in [9.17, 15) is 4.79 Å². The first kappa shape index (κ1) is 12.0. The maximum atomic E-state index is 11.9. The first-order valence-corrected chi connectivity index (χ1v) is 5.18. The van der Waals surface area contributed by atoms with Crippen molar-refractivity contribution in [3.63, 3.8) is 0 Å². The molecule has 0 unspecified atom stereocenters. The smallest absolute Gasteiger partial charge is 0.255 e. The molecule has 0 atom stereocenters. The molecular formula is C10H12N6O2. The Morgan fingerprint density at radius 3 is 3.06 bits per heavy atom. The summed E-state index contributed by atoms with van der Waals surface area (Å²) in [5.41, 5.74) is 3.27. The molecule has 18 heavy (non-hydrogen) atoms. The van der Waals surface area contributed by atoms with Gasteiger partial charge < -0.3 is 15.3 Å². The van der Waals surface area contributed by atoms with Crippen LogP contribution in [0.5, 0.6) is 0 Å². The van der Waals surface area contributed by atoms with Crippen molar-refractivity contribution in [2.75, 3.05) is 5.43 Å². The second kappa shape index (κ2) is 5.23. The minimum absolute atomic E-state index is 0.176. The summed E-state index contributed by atoms with van der Waals surface area (Å²) in [4.78, 5) is 19.7. The fourth-order valence-electron chi connectivity index (χ4n) is 1.37. The first-order chi connectivity index (χ1) is 8.70. The Kier molecular flexibility index (Phi) is 3.49. The second-order valence-corrected chi connectivity index (χ2v) is 3.48. The molecule has 8 heteroatoms. The van der Waals surface area contributed by atoms with Gasteiger partial charge in [0.25, 0.3) is 5.91 Å². The van der Waals surface area contributed by atoms with Gasteiger partial charge in [0.15, 0.2) is 5.82 Å². The third-order valence-electron chi connectivity index (χ3n) is 2.20. The van der Waals surface area contributed by atoms with Gasteiger partial charge in [-0.05, 0) is 6.07 Å². The number of nitrogen functional groups attached to an aromatic ring is 1. The maximum absolute atomic E-state index is 11.9. The van der Waals surface area contributed by atoms with E-state index in [1.165, 1.54) is 12.4 Å². The molecule has 2 rings (SSSR count). The van der Waals surface area contributed by atoms with Gasteiger partial charge in [-0.3, -0.25) is 15.6 Å². The van der Waals surface area contributed by atoms with E-state index in [0.717, 1.165) is 0 Å². The van der Waals surface area contributed by atoms with Crippen molar-refractivity contribution in [3.05, 3.63) is 35.7 Å². The van der Waals surface area contributed by atoms with Crippen molar-refractivity contribution in [2.24, 2.45) is 5.84 Å². The van der Waals surface area contributed by atoms with Crippen molar-refractivity contribution in [2.45, 2.75) is 13.5 Å². The lowest BCUT2D eigenvalue weighted by Gasteiger charge is -2.07. The molecule has 0 fully saturated rings. The Hall–Kier alpha value is -2.48. The number of rotatable bonds is 4. The lowest BCUT2D eigenvalue weighted by molar-refractivity contribution is 0.0950. The summed E-state index contributed by atoms with van der Waals surface area (Å²) in [6.45, 7) is 1.85. The summed E-state index contributed by atoms with van der Waals surface area (Å²) in [7, 11) is 0. The van der Waals surface area contributed by atoms with E-state index in [1.807, 2.05) is 0 Å². The van der Waals surface area contributed by atoms with Gasteiger partial charge >= 0.3 is 0 Å². The minimum Gasteiger partial charge on any atom is -0.344 e. The molecule has 0 spiro atoms. The molecule has 0 radical (unpaired) electrons. The summed E-state index contributed by atoms with van der Waals surface area (Å²) in [5, 5.41) is 6.31. The number of hydrogen-bond donors (Lipinski definition) is 3. The topological polar surface area (TPSA) is 119 Å². The van der Waals surface area contributed by atoms with Gasteiger partial charge in [-0.25, -0.2) is 0 Å². The molecule has 2 aromatic rings. The van der Waals surface area contributed by atoms with E-state index < -0.39 is 0 Å². The fraction of sp³-hybridized carbons (Fsp3) is 0.200. The number of carbonyl (C=O) groups is 1. The minimum atomic E-state index is -0.321. The van der Waals surface area contributed by atoms with Gasteiger partial charge in [0.05, 0.1) is 17.8 Å². The van der Waals surface area contributed by atoms with Crippen LogP contribution in [0.3, 0.4) is 0 Å². The van der Waals surface area contributed by atoms with Crippen LogP contribution in [0.2, 0.25) is 0 Å². The molecule has 2 heterocycles. The molecular weight excluding hydrogens is 236 g/mol. The number of carbonyl (C=O) groups excluding carboxylic acids is 1. The van der Waals surface area contributed by atoms with Crippen LogP contribution in [-0.4, -0.2) is 21.0 Å². The molecule has 0 saturated heterocycles. The largest absolute Gasteiger partial charge is 0.344 e. The van der Waals surface area contributed by atoms with Gasteiger partial charge in [-0.2, -0.15) is 4.98 Å². The highest BCUT2D eigenvalue weighted by molar-refractivity contribution is 5.99. The molecule has 4 N–H and O–H groups in total. The van der Waals surface area contributed by atoms with E-state index >= 15 is 0 Å². The average molecular weight is 248 g/mol. The van der Waals surface area contributed by atoms with Gasteiger partial charge in [0.1, 0.15) is 0 Å². The van der Waals surface area contributed by atoms with Crippen LogP contribution in [0.4, 0.5) is 5.69 Å². The Morgan fingerprint density at radius 1 is 1.56 bits per heavy atom. The molecule has 0 saturated carbocycles. The molecule has 2 aromatic heterocycles. The fourth-order valence-corrected chi connectivity index (χ4v) is 1.37. The highest BCUT2D eigenvalue weighted by Gasteiger charge is 2.11. The van der Waals surface area contributed by atoms with Gasteiger partial charge in [0, 0.05) is 19.3 Å². The Morgan fingerprint density at radius 2 is 2.39 bits per heavy atom. The molecule has 8 nitrogen and oxygen atoms in total. The number of hydrogen-bond acceptors (Lipinski definition) is 7. The number of aromatic nitrogens is 3. The predicted molar refractivity (Wildman–Crippen MR) is 62.3 cm³/mol. The molecule has 0 aromatic carbocycles. The van der Waals surface area contributed by atoms with Crippen LogP contribution < -0.4 is 16.6 Å². The maximum Gasteiger partial charge on any atom is 0.255 e. The molecule has 0 aliphatic rings. The number of aryl methyl sites for hydroxylation is 1. The number of nitrogens with one attached hydrogen (secondary N) is 2. The zero-order valence-electron chi connectivity index (χ0n) is 9.67. The van der Waals surface area contributed by atoms with Gasteiger partial charge in [0.2, 0.25) is 5.89 Å². The number of pyridine rings is 1. The number of nitrogens with zero attached hydrogens (tertiary/aromatic N) is 3. The quantitative estimate of drug-likeness (QED) is 0.514. The SMILES string of the molecule is Cc1nc(CNC(=O)c2cnccc2NN)no1. The predicted octanol–water partition coefficient (Wildman–Crippen LogP) is -0.0114. The van der Waals surface area contributed by atoms with Gasteiger partial charge in [-0.1, -0.05) is 5.16 Å². The zero-order chi connectivity index (χ0) is 13.0. The second-order valence-electron chi connectivity index (χ2n) is 3.48. The Bertz CT molecular complexity index is 553. The highest BCUT2D eigenvalue weighted by atomic mass is 16.5. The summed E-state index contributed by atoms with van der Waals surface area (Å²) < 4.78 is 4.79. The monoisotopic (exact) mass is 248 g/mol. The van der Waals surface area contributed by atoms with Crippen molar-refractivity contribution < 1.29 is 9.32 Å². The van der Waals surface area contributed by atoms with E-state index in [2.05, 4.69) is 25.9 Å². The summed E-state index contributed by atoms with van der Waals surface area (Å²) in [5.74, 6) is 5.84. The van der Waals surface area contributed by atoms with Crippen LogP contribution in [0.15, 0.2) is 23.0 Å². The van der Waals surface area contributed by atoms with Crippen LogP contribution in [0.1, 0.15) is 22.1 Å². The van der Waals surface area contributed by atoms with E-state index in [1.54, 1.807) is 13.0 Å². The van der Waals surface area contributed by atoms with Gasteiger partial charge in [-0.15, -0.1) is 0 Å². The number of hydrazine groups is 1. The third kappa shape index (κ3) is 2.61. The molecule has 0 aliphatic carbocycles. The average Bonchev–Trinajstić information content (AvgIpc) is 2.81. The van der Waals surface area contributed by atoms with Crippen LogP contribution in [0.25, 0.3) is 0 Å². The summed E-state index contributed by atoms with van der Waals surface area (Å²) in [6.07, 6.45) is 2.96. The molecule has 1 amide bonds. The van der Waals surface area contributed by atoms with Crippen molar-refractivity contribution >= 4 is 11.6 Å². The third-order valence-corrected chi connectivity index (χ3v) is 2.20. The first-order valence-electron chi connectivity index (χ1n) is 5.18. The molecule has 0 aliphatic heterocycles. The number of nitrogens with two attached hydrogens (primary N) is 1. The van der Waals surface area contributed by atoms with Crippen LogP contribution >= 0.6 is 0 Å². The number of anilines is 1. The lowest BCUT2D eigenvalue weighted by atomic mass is 10.2. The molecule has 0 bridgehead atoms. The van der Waals surface area contributed by atoms with Crippen molar-refractivity contribution in [1.29, 1.82) is 0 Å².